The molecule has 1 aromatic rings. The van der Waals surface area contributed by atoms with Crippen LogP contribution in [-0.4, -0.2) is 22.1 Å². The molecule has 0 aliphatic carbocycles. The van der Waals surface area contributed by atoms with Crippen LogP contribution in [0.1, 0.15) is 34.8 Å². The van der Waals surface area contributed by atoms with Crippen LogP contribution < -0.4 is 5.32 Å². The van der Waals surface area contributed by atoms with Crippen LogP contribution in [0, 0.1) is 13.8 Å². The van der Waals surface area contributed by atoms with Gasteiger partial charge in [0.2, 0.25) is 0 Å². The number of halogens is 2. The Morgan fingerprint density at radius 2 is 1.89 bits per heavy atom. The van der Waals surface area contributed by atoms with E-state index in [1.54, 1.807) is 0 Å². The highest BCUT2D eigenvalue weighted by Gasteiger charge is 2.28. The highest BCUT2D eigenvalue weighted by Crippen LogP contribution is 2.19. The molecule has 0 unspecified atom stereocenters. The molecule has 2 nitrogen and oxygen atoms in total. The largest absolute Gasteiger partial charge is 0.345 e. The van der Waals surface area contributed by atoms with Crippen LogP contribution in [-0.2, 0) is 0 Å². The zero-order chi connectivity index (χ0) is 13.8. The lowest BCUT2D eigenvalue weighted by atomic mass is 9.99. The number of nitrogens with one attached hydrogen (secondary N) is 1. The van der Waals surface area contributed by atoms with E-state index in [0.29, 0.717) is 0 Å². The minimum Gasteiger partial charge on any atom is -0.345 e. The average Bonchev–Trinajstić information content (AvgIpc) is 2.38. The Hall–Kier alpha value is -0.350. The Labute approximate surface area is 126 Å². The minimum absolute atomic E-state index is 0.00282. The van der Waals surface area contributed by atoms with Crippen LogP contribution in [0.4, 0.5) is 0 Å². The van der Waals surface area contributed by atoms with Crippen molar-refractivity contribution in [1.82, 2.24) is 5.32 Å². The van der Waals surface area contributed by atoms with Crippen LogP contribution in [0.25, 0.3) is 0 Å². The van der Waals surface area contributed by atoms with Gasteiger partial charge in [0.1, 0.15) is 0 Å². The fourth-order valence-corrected chi connectivity index (χ4v) is 3.67. The van der Waals surface area contributed by atoms with E-state index in [1.807, 2.05) is 32.0 Å². The number of hydrogen-bond acceptors (Lipinski definition) is 1. The summed E-state index contributed by atoms with van der Waals surface area (Å²) in [6.45, 7) is 6.04. The van der Waals surface area contributed by atoms with Crippen molar-refractivity contribution in [2.75, 3.05) is 10.7 Å². The summed E-state index contributed by atoms with van der Waals surface area (Å²) in [4.78, 5) is 12.4. The SMILES string of the molecule is CCC(CBr)(CBr)NC(=O)c1cc(C)ccc1C. The van der Waals surface area contributed by atoms with Gasteiger partial charge >= 0.3 is 0 Å². The predicted molar refractivity (Wildman–Crippen MR) is 84.0 cm³/mol. The number of carbonyl (C=O) groups excluding carboxylic acids is 1. The number of aryl methyl sites for hydroxylation is 2. The van der Waals surface area contributed by atoms with E-state index < -0.39 is 0 Å². The number of hydrogen-bond donors (Lipinski definition) is 1. The zero-order valence-corrected chi connectivity index (χ0v) is 14.2. The molecule has 1 N–H and O–H groups in total. The highest BCUT2D eigenvalue weighted by molar-refractivity contribution is 9.09. The Balaban J connectivity index is 2.97. The summed E-state index contributed by atoms with van der Waals surface area (Å²) >= 11 is 6.97. The molecule has 0 radical (unpaired) electrons. The van der Waals surface area contributed by atoms with Gasteiger partial charge in [-0.1, -0.05) is 56.5 Å². The van der Waals surface area contributed by atoms with Crippen molar-refractivity contribution in [3.8, 4) is 0 Å². The van der Waals surface area contributed by atoms with Crippen LogP contribution in [0.5, 0.6) is 0 Å². The summed E-state index contributed by atoms with van der Waals surface area (Å²) in [5, 5.41) is 4.60. The van der Waals surface area contributed by atoms with Crippen molar-refractivity contribution in [2.45, 2.75) is 32.7 Å². The number of rotatable bonds is 5. The topological polar surface area (TPSA) is 29.1 Å². The van der Waals surface area contributed by atoms with E-state index in [4.69, 9.17) is 0 Å². The predicted octanol–water partition coefficient (Wildman–Crippen LogP) is 3.97. The van der Waals surface area contributed by atoms with Gasteiger partial charge in [-0.25, -0.2) is 0 Å². The van der Waals surface area contributed by atoms with E-state index >= 15 is 0 Å². The molecule has 0 atom stereocenters. The van der Waals surface area contributed by atoms with E-state index in [9.17, 15) is 4.79 Å². The number of carbonyl (C=O) groups is 1. The molecular formula is C14H19Br2NO. The van der Waals surface area contributed by atoms with Crippen molar-refractivity contribution in [1.29, 1.82) is 0 Å². The Morgan fingerprint density at radius 3 is 2.39 bits per heavy atom. The first kappa shape index (κ1) is 15.7. The maximum atomic E-state index is 12.4. The fourth-order valence-electron chi connectivity index (χ4n) is 1.67. The maximum Gasteiger partial charge on any atom is 0.252 e. The zero-order valence-electron chi connectivity index (χ0n) is 11.0. The lowest BCUT2D eigenvalue weighted by molar-refractivity contribution is 0.0914. The first-order valence-corrected chi connectivity index (χ1v) is 8.24. The molecule has 0 fully saturated rings. The van der Waals surface area contributed by atoms with Gasteiger partial charge in [-0.2, -0.15) is 0 Å². The summed E-state index contributed by atoms with van der Waals surface area (Å²) in [6, 6.07) is 5.95. The normalized spacial score (nSPS) is 11.4. The van der Waals surface area contributed by atoms with Gasteiger partial charge in [0.25, 0.3) is 5.91 Å². The second kappa shape index (κ2) is 6.71. The van der Waals surface area contributed by atoms with Crippen LogP contribution in [0.2, 0.25) is 0 Å². The third-order valence-corrected chi connectivity index (χ3v) is 5.35. The van der Waals surface area contributed by atoms with Crippen LogP contribution >= 0.6 is 31.9 Å². The number of benzene rings is 1. The third kappa shape index (κ3) is 3.58. The Bertz CT molecular complexity index is 420. The monoisotopic (exact) mass is 375 g/mol. The summed E-state index contributed by atoms with van der Waals surface area (Å²) in [7, 11) is 0. The van der Waals surface area contributed by atoms with Crippen LogP contribution in [0.3, 0.4) is 0 Å². The van der Waals surface area contributed by atoms with Gasteiger partial charge in [0.05, 0.1) is 5.54 Å². The van der Waals surface area contributed by atoms with Gasteiger partial charge in [-0.05, 0) is 31.9 Å². The quantitative estimate of drug-likeness (QED) is 0.774. The maximum absolute atomic E-state index is 12.4. The lowest BCUT2D eigenvalue weighted by Crippen LogP contribution is -2.51. The molecule has 0 aromatic heterocycles. The fraction of sp³-hybridized carbons (Fsp3) is 0.500. The van der Waals surface area contributed by atoms with E-state index in [2.05, 4.69) is 44.1 Å². The number of alkyl halides is 2. The van der Waals surface area contributed by atoms with Crippen LogP contribution in [0.15, 0.2) is 18.2 Å². The smallest absolute Gasteiger partial charge is 0.252 e. The molecule has 0 bridgehead atoms. The molecule has 4 heteroatoms. The van der Waals surface area contributed by atoms with Crippen molar-refractivity contribution in [3.05, 3.63) is 34.9 Å². The Morgan fingerprint density at radius 1 is 1.28 bits per heavy atom. The minimum atomic E-state index is -0.229. The van der Waals surface area contributed by atoms with E-state index in [0.717, 1.165) is 33.8 Å². The van der Waals surface area contributed by atoms with Gasteiger partial charge in [0, 0.05) is 16.2 Å². The second-order valence-electron chi connectivity index (χ2n) is 4.67. The molecule has 1 aromatic carbocycles. The molecule has 1 rings (SSSR count). The first-order valence-electron chi connectivity index (χ1n) is 5.99. The summed E-state index contributed by atoms with van der Waals surface area (Å²) in [5.74, 6) is -0.00282. The molecule has 18 heavy (non-hydrogen) atoms. The highest BCUT2D eigenvalue weighted by atomic mass is 79.9. The van der Waals surface area contributed by atoms with E-state index in [-0.39, 0.29) is 11.4 Å². The number of amides is 1. The molecule has 0 spiro atoms. The van der Waals surface area contributed by atoms with Gasteiger partial charge in [-0.15, -0.1) is 0 Å². The summed E-state index contributed by atoms with van der Waals surface area (Å²) < 4.78 is 0. The molecule has 0 aliphatic rings. The first-order chi connectivity index (χ1) is 8.48. The van der Waals surface area contributed by atoms with Crippen molar-refractivity contribution >= 4 is 37.8 Å². The summed E-state index contributed by atoms with van der Waals surface area (Å²) in [6.07, 6.45) is 0.875. The Kier molecular flexibility index (Phi) is 5.86. The molecule has 100 valence electrons. The van der Waals surface area contributed by atoms with Gasteiger partial charge < -0.3 is 5.32 Å². The van der Waals surface area contributed by atoms with E-state index in [1.165, 1.54) is 0 Å². The molecule has 0 aliphatic heterocycles. The lowest BCUT2D eigenvalue weighted by Gasteiger charge is -2.30. The standard InChI is InChI=1S/C14H19Br2NO/c1-4-14(8-15,9-16)17-13(18)12-7-10(2)5-6-11(12)3/h5-7H,4,8-9H2,1-3H3,(H,17,18). The third-order valence-electron chi connectivity index (χ3n) is 3.20. The summed E-state index contributed by atoms with van der Waals surface area (Å²) in [5.41, 5.74) is 2.64. The molecule has 0 saturated carbocycles. The second-order valence-corrected chi connectivity index (χ2v) is 5.80. The molecule has 0 heterocycles. The van der Waals surface area contributed by atoms with Gasteiger partial charge in [-0.3, -0.25) is 4.79 Å². The van der Waals surface area contributed by atoms with Gasteiger partial charge in [0.15, 0.2) is 0 Å². The molecular weight excluding hydrogens is 358 g/mol. The van der Waals surface area contributed by atoms with Crippen molar-refractivity contribution < 1.29 is 4.79 Å². The van der Waals surface area contributed by atoms with Crippen molar-refractivity contribution in [3.63, 3.8) is 0 Å². The average molecular weight is 377 g/mol. The van der Waals surface area contributed by atoms with Crippen molar-refractivity contribution in [2.24, 2.45) is 0 Å². The molecule has 1 amide bonds. The molecule has 0 saturated heterocycles.